The van der Waals surface area contributed by atoms with Gasteiger partial charge in [-0.25, -0.2) is 15.0 Å². The maximum absolute atomic E-state index is 9.35. The highest BCUT2D eigenvalue weighted by Crippen LogP contribution is 2.31. The number of hydrogen-bond donors (Lipinski definition) is 2. The lowest BCUT2D eigenvalue weighted by molar-refractivity contribution is 0.896. The lowest BCUT2D eigenvalue weighted by Gasteiger charge is -2.08. The molecule has 0 atom stereocenters. The van der Waals surface area contributed by atoms with Crippen LogP contribution in [0.1, 0.15) is 19.4 Å². The van der Waals surface area contributed by atoms with Gasteiger partial charge in [0.1, 0.15) is 0 Å². The molecular formula is C18H18N6S. The van der Waals surface area contributed by atoms with Crippen molar-refractivity contribution in [1.29, 1.82) is 5.26 Å². The number of anilines is 2. The standard InChI is InChI=1S/C18H18N6S/c1-11(2)22-18-21-10-16(25-18)15-8-14(23-17(20-3)24-15)13-7-5-4-6-12(13)9-19/h4-8,10-11H,1-3H3,(H,21,22)(H,20,23,24). The molecule has 0 spiro atoms. The molecule has 0 aliphatic rings. The largest absolute Gasteiger partial charge is 0.359 e. The van der Waals surface area contributed by atoms with Crippen LogP contribution in [0, 0.1) is 11.3 Å². The number of nitriles is 1. The molecule has 0 aliphatic heterocycles. The Labute approximate surface area is 150 Å². The van der Waals surface area contributed by atoms with Gasteiger partial charge in [-0.3, -0.25) is 0 Å². The van der Waals surface area contributed by atoms with E-state index in [4.69, 9.17) is 0 Å². The van der Waals surface area contributed by atoms with E-state index in [9.17, 15) is 5.26 Å². The Hall–Kier alpha value is -2.98. The summed E-state index contributed by atoms with van der Waals surface area (Å²) in [5.74, 6) is 0.506. The predicted octanol–water partition coefficient (Wildman–Crippen LogP) is 4.00. The molecule has 3 aromatic rings. The van der Waals surface area contributed by atoms with Gasteiger partial charge < -0.3 is 10.6 Å². The molecule has 1 aromatic carbocycles. The molecular weight excluding hydrogens is 332 g/mol. The van der Waals surface area contributed by atoms with Gasteiger partial charge in [0.05, 0.1) is 27.9 Å². The van der Waals surface area contributed by atoms with Crippen LogP contribution in [-0.2, 0) is 0 Å². The Bertz CT molecular complexity index is 925. The lowest BCUT2D eigenvalue weighted by Crippen LogP contribution is -2.08. The molecule has 0 radical (unpaired) electrons. The van der Waals surface area contributed by atoms with Gasteiger partial charge in [0.25, 0.3) is 0 Å². The molecule has 2 aromatic heterocycles. The summed E-state index contributed by atoms with van der Waals surface area (Å²) in [6.45, 7) is 4.14. The molecule has 2 N–H and O–H groups in total. The first kappa shape index (κ1) is 16.9. The van der Waals surface area contributed by atoms with Gasteiger partial charge in [-0.1, -0.05) is 29.5 Å². The third-order valence-electron chi connectivity index (χ3n) is 3.44. The molecule has 3 rings (SSSR count). The SMILES string of the molecule is CNc1nc(-c2cnc(NC(C)C)s2)cc(-c2ccccc2C#N)n1. The fraction of sp³-hybridized carbons (Fsp3) is 0.222. The number of benzene rings is 1. The van der Waals surface area contributed by atoms with Crippen molar-refractivity contribution < 1.29 is 0 Å². The van der Waals surface area contributed by atoms with Gasteiger partial charge in [-0.2, -0.15) is 5.26 Å². The van der Waals surface area contributed by atoms with E-state index in [0.717, 1.165) is 21.3 Å². The lowest BCUT2D eigenvalue weighted by atomic mass is 10.0. The molecule has 126 valence electrons. The number of hydrogen-bond acceptors (Lipinski definition) is 7. The highest BCUT2D eigenvalue weighted by Gasteiger charge is 2.13. The third-order valence-corrected chi connectivity index (χ3v) is 4.39. The first-order chi connectivity index (χ1) is 12.1. The zero-order valence-electron chi connectivity index (χ0n) is 14.2. The first-order valence-corrected chi connectivity index (χ1v) is 8.71. The third kappa shape index (κ3) is 3.75. The van der Waals surface area contributed by atoms with Crippen LogP contribution in [0.3, 0.4) is 0 Å². The normalized spacial score (nSPS) is 10.5. The molecule has 25 heavy (non-hydrogen) atoms. The van der Waals surface area contributed by atoms with Crippen molar-refractivity contribution in [3.63, 3.8) is 0 Å². The Morgan fingerprint density at radius 2 is 1.92 bits per heavy atom. The van der Waals surface area contributed by atoms with E-state index in [1.54, 1.807) is 30.6 Å². The average Bonchev–Trinajstić information content (AvgIpc) is 3.09. The van der Waals surface area contributed by atoms with Gasteiger partial charge >= 0.3 is 0 Å². The quantitative estimate of drug-likeness (QED) is 0.723. The fourth-order valence-electron chi connectivity index (χ4n) is 2.33. The summed E-state index contributed by atoms with van der Waals surface area (Å²) in [5.41, 5.74) is 2.85. The molecule has 0 saturated heterocycles. The topological polar surface area (TPSA) is 86.5 Å². The van der Waals surface area contributed by atoms with Crippen LogP contribution in [0.5, 0.6) is 0 Å². The van der Waals surface area contributed by atoms with E-state index < -0.39 is 0 Å². The zero-order valence-corrected chi connectivity index (χ0v) is 15.1. The Morgan fingerprint density at radius 1 is 1.16 bits per heavy atom. The van der Waals surface area contributed by atoms with Crippen molar-refractivity contribution in [3.8, 4) is 27.9 Å². The molecule has 6 nitrogen and oxygen atoms in total. The number of thiazole rings is 1. The number of nitrogens with one attached hydrogen (secondary N) is 2. The van der Waals surface area contributed by atoms with Crippen LogP contribution >= 0.6 is 11.3 Å². The monoisotopic (exact) mass is 350 g/mol. The van der Waals surface area contributed by atoms with Gasteiger partial charge in [0.2, 0.25) is 5.95 Å². The minimum atomic E-state index is 0.315. The summed E-state index contributed by atoms with van der Waals surface area (Å²) in [6.07, 6.45) is 1.80. The highest BCUT2D eigenvalue weighted by atomic mass is 32.1. The van der Waals surface area contributed by atoms with Crippen molar-refractivity contribution in [2.24, 2.45) is 0 Å². The first-order valence-electron chi connectivity index (χ1n) is 7.89. The van der Waals surface area contributed by atoms with Crippen molar-refractivity contribution in [2.75, 3.05) is 17.7 Å². The molecule has 0 saturated carbocycles. The van der Waals surface area contributed by atoms with Crippen LogP contribution in [0.4, 0.5) is 11.1 Å². The second-order valence-corrected chi connectivity index (χ2v) is 6.73. The van der Waals surface area contributed by atoms with E-state index in [2.05, 4.69) is 45.5 Å². The highest BCUT2D eigenvalue weighted by molar-refractivity contribution is 7.18. The number of rotatable bonds is 5. The van der Waals surface area contributed by atoms with Crippen molar-refractivity contribution in [1.82, 2.24) is 15.0 Å². The van der Waals surface area contributed by atoms with E-state index >= 15 is 0 Å². The summed E-state index contributed by atoms with van der Waals surface area (Å²) in [7, 11) is 1.78. The van der Waals surface area contributed by atoms with Crippen molar-refractivity contribution >= 4 is 22.4 Å². The van der Waals surface area contributed by atoms with E-state index in [1.807, 2.05) is 24.3 Å². The van der Waals surface area contributed by atoms with Crippen LogP contribution in [0.2, 0.25) is 0 Å². The summed E-state index contributed by atoms with van der Waals surface area (Å²) in [6, 6.07) is 11.8. The molecule has 0 fully saturated rings. The molecule has 0 unspecified atom stereocenters. The van der Waals surface area contributed by atoms with Gasteiger partial charge in [-0.05, 0) is 26.0 Å². The van der Waals surface area contributed by atoms with E-state index in [1.165, 1.54) is 0 Å². The number of nitrogens with zero attached hydrogens (tertiary/aromatic N) is 4. The summed E-state index contributed by atoms with van der Waals surface area (Å²) in [5, 5.41) is 16.5. The van der Waals surface area contributed by atoms with Gasteiger partial charge in [0.15, 0.2) is 5.13 Å². The van der Waals surface area contributed by atoms with Crippen molar-refractivity contribution in [2.45, 2.75) is 19.9 Å². The average molecular weight is 350 g/mol. The Kier molecular flexibility index (Phi) is 4.91. The minimum absolute atomic E-state index is 0.315. The smallest absolute Gasteiger partial charge is 0.223 e. The van der Waals surface area contributed by atoms with Gasteiger partial charge in [0, 0.05) is 24.8 Å². The van der Waals surface area contributed by atoms with Crippen LogP contribution in [-0.4, -0.2) is 28.0 Å². The molecule has 2 heterocycles. The fourth-order valence-corrected chi connectivity index (χ4v) is 3.26. The maximum Gasteiger partial charge on any atom is 0.223 e. The second-order valence-electron chi connectivity index (χ2n) is 5.70. The Balaban J connectivity index is 2.07. The molecule has 0 aliphatic carbocycles. The van der Waals surface area contributed by atoms with Crippen LogP contribution < -0.4 is 10.6 Å². The summed E-state index contributed by atoms with van der Waals surface area (Å²) >= 11 is 1.54. The van der Waals surface area contributed by atoms with Crippen molar-refractivity contribution in [3.05, 3.63) is 42.1 Å². The molecule has 7 heteroatoms. The van der Waals surface area contributed by atoms with E-state index in [0.29, 0.717) is 23.2 Å². The minimum Gasteiger partial charge on any atom is -0.359 e. The Morgan fingerprint density at radius 3 is 2.64 bits per heavy atom. The molecule has 0 amide bonds. The van der Waals surface area contributed by atoms with E-state index in [-0.39, 0.29) is 0 Å². The maximum atomic E-state index is 9.35. The number of aromatic nitrogens is 3. The molecule has 0 bridgehead atoms. The van der Waals surface area contributed by atoms with Gasteiger partial charge in [-0.15, -0.1) is 0 Å². The van der Waals surface area contributed by atoms with Crippen LogP contribution in [0.25, 0.3) is 21.8 Å². The van der Waals surface area contributed by atoms with Crippen LogP contribution in [0.15, 0.2) is 36.5 Å². The summed E-state index contributed by atoms with van der Waals surface area (Å²) < 4.78 is 0. The summed E-state index contributed by atoms with van der Waals surface area (Å²) in [4.78, 5) is 14.4. The second kappa shape index (κ2) is 7.28. The predicted molar refractivity (Wildman–Crippen MR) is 102 cm³/mol. The zero-order chi connectivity index (χ0) is 17.8.